The normalized spacial score (nSPS) is 14.2. The van der Waals surface area contributed by atoms with E-state index in [1.807, 2.05) is 19.9 Å². The van der Waals surface area contributed by atoms with Gasteiger partial charge in [-0.2, -0.15) is 0 Å². The van der Waals surface area contributed by atoms with Gasteiger partial charge in [-0.05, 0) is 37.4 Å². The third-order valence-corrected chi connectivity index (χ3v) is 8.63. The summed E-state index contributed by atoms with van der Waals surface area (Å²) >= 11 is 0. The first kappa shape index (κ1) is 19.4. The molecule has 0 rings (SSSR count). The monoisotopic (exact) mass is 300 g/mol. The number of esters is 1. The second-order valence-corrected chi connectivity index (χ2v) is 10.1. The summed E-state index contributed by atoms with van der Waals surface area (Å²) in [5.74, 6) is 0.0673. The van der Waals surface area contributed by atoms with Crippen LogP contribution in [0.3, 0.4) is 0 Å². The minimum absolute atomic E-state index is 0.188. The molecule has 0 fully saturated rings. The maximum Gasteiger partial charge on any atom is 0.333 e. The van der Waals surface area contributed by atoms with E-state index in [2.05, 4.69) is 27.7 Å². The summed E-state index contributed by atoms with van der Waals surface area (Å²) in [6.07, 6.45) is 2.72. The molecule has 0 bridgehead atoms. The average Bonchev–Trinajstić information content (AvgIpc) is 2.47. The van der Waals surface area contributed by atoms with E-state index < -0.39 is 8.32 Å². The molecule has 118 valence electrons. The second-order valence-electron chi connectivity index (χ2n) is 5.30. The van der Waals surface area contributed by atoms with Crippen molar-refractivity contribution >= 4 is 14.3 Å². The fraction of sp³-hybridized carbons (Fsp3) is 0.812. The third kappa shape index (κ3) is 6.22. The van der Waals surface area contributed by atoms with Crippen LogP contribution in [0.2, 0.25) is 18.1 Å². The Balaban J connectivity index is 4.59. The Hall–Kier alpha value is -0.613. The van der Waals surface area contributed by atoms with Crippen LogP contribution in [0.1, 0.15) is 48.0 Å². The second kappa shape index (κ2) is 10.2. The van der Waals surface area contributed by atoms with Crippen molar-refractivity contribution < 1.29 is 14.0 Å². The number of hydrogen-bond acceptors (Lipinski definition) is 3. The molecule has 0 heterocycles. The fourth-order valence-electron chi connectivity index (χ4n) is 2.31. The van der Waals surface area contributed by atoms with Crippen molar-refractivity contribution in [2.24, 2.45) is 5.92 Å². The Morgan fingerprint density at radius 1 is 1.10 bits per heavy atom. The van der Waals surface area contributed by atoms with Crippen molar-refractivity contribution in [1.82, 2.24) is 0 Å². The van der Waals surface area contributed by atoms with Crippen molar-refractivity contribution in [1.29, 1.82) is 0 Å². The number of carbonyl (C=O) groups is 1. The molecule has 0 N–H and O–H groups in total. The molecule has 0 saturated heterocycles. The van der Waals surface area contributed by atoms with Gasteiger partial charge in [-0.3, -0.25) is 0 Å². The SMILES string of the molecule is CCOC(=O)/C(=C\[C@H](C)CO[Si](CC)(CC)CC)CC. The maximum atomic E-state index is 11.8. The molecule has 0 aromatic rings. The molecule has 0 aliphatic rings. The Morgan fingerprint density at radius 3 is 2.05 bits per heavy atom. The average molecular weight is 301 g/mol. The first-order valence-electron chi connectivity index (χ1n) is 8.00. The number of carbonyl (C=O) groups excluding carboxylic acids is 1. The minimum Gasteiger partial charge on any atom is -0.463 e. The molecule has 0 amide bonds. The molecule has 0 saturated carbocycles. The summed E-state index contributed by atoms with van der Waals surface area (Å²) in [5.41, 5.74) is 0.764. The number of rotatable bonds is 10. The summed E-state index contributed by atoms with van der Waals surface area (Å²) in [6.45, 7) is 13.8. The van der Waals surface area contributed by atoms with Crippen molar-refractivity contribution in [2.75, 3.05) is 13.2 Å². The molecule has 0 unspecified atom stereocenters. The molecular weight excluding hydrogens is 268 g/mol. The van der Waals surface area contributed by atoms with Crippen LogP contribution in [0.25, 0.3) is 0 Å². The van der Waals surface area contributed by atoms with Crippen LogP contribution in [-0.2, 0) is 14.0 Å². The molecule has 0 aromatic heterocycles. The van der Waals surface area contributed by atoms with Crippen molar-refractivity contribution in [3.63, 3.8) is 0 Å². The molecule has 0 radical (unpaired) electrons. The van der Waals surface area contributed by atoms with Crippen LogP contribution in [0.4, 0.5) is 0 Å². The van der Waals surface area contributed by atoms with Gasteiger partial charge in [0.2, 0.25) is 0 Å². The molecule has 1 atom stereocenters. The number of hydrogen-bond donors (Lipinski definition) is 0. The van der Waals surface area contributed by atoms with Crippen LogP contribution in [0.5, 0.6) is 0 Å². The van der Waals surface area contributed by atoms with Gasteiger partial charge in [-0.25, -0.2) is 4.79 Å². The van der Waals surface area contributed by atoms with E-state index in [1.165, 1.54) is 0 Å². The molecule has 0 aliphatic heterocycles. The van der Waals surface area contributed by atoms with Gasteiger partial charge in [0, 0.05) is 12.2 Å². The first-order valence-corrected chi connectivity index (χ1v) is 10.5. The van der Waals surface area contributed by atoms with Crippen LogP contribution in [-0.4, -0.2) is 27.5 Å². The van der Waals surface area contributed by atoms with Gasteiger partial charge in [0.15, 0.2) is 8.32 Å². The van der Waals surface area contributed by atoms with Crippen LogP contribution in [0, 0.1) is 5.92 Å². The smallest absolute Gasteiger partial charge is 0.333 e. The zero-order valence-electron chi connectivity index (χ0n) is 14.1. The van der Waals surface area contributed by atoms with Gasteiger partial charge in [0.05, 0.1) is 6.61 Å². The Morgan fingerprint density at radius 2 is 1.65 bits per heavy atom. The summed E-state index contributed by atoms with van der Waals surface area (Å²) in [6, 6.07) is 3.48. The van der Waals surface area contributed by atoms with Crippen LogP contribution < -0.4 is 0 Å². The highest BCUT2D eigenvalue weighted by molar-refractivity contribution is 6.73. The van der Waals surface area contributed by atoms with Crippen LogP contribution in [0.15, 0.2) is 11.6 Å². The lowest BCUT2D eigenvalue weighted by Gasteiger charge is -2.29. The van der Waals surface area contributed by atoms with E-state index in [1.54, 1.807) is 0 Å². The summed E-state index contributed by atoms with van der Waals surface area (Å²) in [4.78, 5) is 11.8. The highest BCUT2D eigenvalue weighted by Gasteiger charge is 2.28. The van der Waals surface area contributed by atoms with Crippen LogP contribution >= 0.6 is 0 Å². The largest absolute Gasteiger partial charge is 0.463 e. The van der Waals surface area contributed by atoms with E-state index in [0.29, 0.717) is 19.6 Å². The summed E-state index contributed by atoms with van der Waals surface area (Å²) in [5, 5.41) is 0. The Labute approximate surface area is 125 Å². The molecule has 4 heteroatoms. The highest BCUT2D eigenvalue weighted by atomic mass is 28.4. The molecular formula is C16H32O3Si. The van der Waals surface area contributed by atoms with E-state index in [4.69, 9.17) is 9.16 Å². The Kier molecular flexibility index (Phi) is 9.85. The van der Waals surface area contributed by atoms with Crippen molar-refractivity contribution in [3.8, 4) is 0 Å². The van der Waals surface area contributed by atoms with E-state index in [9.17, 15) is 4.79 Å². The quantitative estimate of drug-likeness (QED) is 0.337. The lowest BCUT2D eigenvalue weighted by Crippen LogP contribution is -2.37. The first-order chi connectivity index (χ1) is 9.48. The maximum absolute atomic E-state index is 11.8. The van der Waals surface area contributed by atoms with Gasteiger partial charge in [-0.15, -0.1) is 0 Å². The molecule has 0 aromatic carbocycles. The topological polar surface area (TPSA) is 35.5 Å². The zero-order valence-corrected chi connectivity index (χ0v) is 15.1. The Bertz CT molecular complexity index is 301. The standard InChI is InChI=1S/C16H32O3Si/c1-7-15(16(17)18-8-2)12-14(6)13-19-20(9-3,10-4)11-5/h12,14H,7-11,13H2,1-6H3/b15-12-/t14-/m0/s1. The number of ether oxygens (including phenoxy) is 1. The van der Waals surface area contributed by atoms with Gasteiger partial charge < -0.3 is 9.16 Å². The summed E-state index contributed by atoms with van der Waals surface area (Å²) < 4.78 is 11.3. The lowest BCUT2D eigenvalue weighted by molar-refractivity contribution is -0.138. The lowest BCUT2D eigenvalue weighted by atomic mass is 10.1. The predicted molar refractivity (Wildman–Crippen MR) is 87.3 cm³/mol. The van der Waals surface area contributed by atoms with Gasteiger partial charge in [0.25, 0.3) is 0 Å². The van der Waals surface area contributed by atoms with E-state index in [-0.39, 0.29) is 11.9 Å². The molecule has 0 aliphatic carbocycles. The van der Waals surface area contributed by atoms with E-state index >= 15 is 0 Å². The van der Waals surface area contributed by atoms with Crippen molar-refractivity contribution in [2.45, 2.75) is 66.1 Å². The minimum atomic E-state index is -1.53. The van der Waals surface area contributed by atoms with Gasteiger partial charge >= 0.3 is 5.97 Å². The molecule has 0 spiro atoms. The third-order valence-electron chi connectivity index (χ3n) is 3.99. The highest BCUT2D eigenvalue weighted by Crippen LogP contribution is 2.23. The molecule has 20 heavy (non-hydrogen) atoms. The predicted octanol–water partition coefficient (Wildman–Crippen LogP) is 4.54. The zero-order chi connectivity index (χ0) is 15.6. The molecule has 3 nitrogen and oxygen atoms in total. The summed E-state index contributed by atoms with van der Waals surface area (Å²) in [7, 11) is -1.53. The van der Waals surface area contributed by atoms with E-state index in [0.717, 1.165) is 23.7 Å². The van der Waals surface area contributed by atoms with Crippen molar-refractivity contribution in [3.05, 3.63) is 11.6 Å². The fourth-order valence-corrected chi connectivity index (χ4v) is 5.04. The van der Waals surface area contributed by atoms with Gasteiger partial charge in [0.1, 0.15) is 0 Å². The van der Waals surface area contributed by atoms with Gasteiger partial charge in [-0.1, -0.05) is 40.7 Å².